The first-order chi connectivity index (χ1) is 11.9. The Kier molecular flexibility index (Phi) is 6.43. The van der Waals surface area contributed by atoms with Gasteiger partial charge in [-0.3, -0.25) is 4.90 Å². The minimum Gasteiger partial charge on any atom is -0.444 e. The smallest absolute Gasteiger partial charge is 0.444 e. The van der Waals surface area contributed by atoms with Gasteiger partial charge in [-0.2, -0.15) is 13.2 Å². The van der Waals surface area contributed by atoms with E-state index in [9.17, 15) is 18.0 Å². The first kappa shape index (κ1) is 21.2. The van der Waals surface area contributed by atoms with E-state index in [1.807, 2.05) is 20.8 Å². The number of hydrogen-bond donors (Lipinski definition) is 0. The summed E-state index contributed by atoms with van der Waals surface area (Å²) in [5.41, 5.74) is -4.99. The molecule has 0 aromatic heterocycles. The molecule has 0 aliphatic carbocycles. The lowest BCUT2D eigenvalue weighted by atomic mass is 9.87. The van der Waals surface area contributed by atoms with Gasteiger partial charge in [0.15, 0.2) is 12.0 Å². The lowest BCUT2D eigenvalue weighted by Crippen LogP contribution is -2.56. The molecule has 2 rings (SSSR count). The molecule has 0 aromatic carbocycles. The van der Waals surface area contributed by atoms with Gasteiger partial charge in [-0.05, 0) is 46.6 Å². The summed E-state index contributed by atoms with van der Waals surface area (Å²) in [6.07, 6.45) is 3.47. The molecular weight excluding hydrogens is 369 g/mol. The Bertz CT molecular complexity index is 538. The van der Waals surface area contributed by atoms with Crippen LogP contribution in [0, 0.1) is 0 Å². The van der Waals surface area contributed by atoms with E-state index in [1.54, 1.807) is 11.0 Å². The van der Waals surface area contributed by atoms with Crippen molar-refractivity contribution in [2.75, 3.05) is 26.2 Å². The summed E-state index contributed by atoms with van der Waals surface area (Å²) in [7, 11) is 0. The molecular formula is C17H27F3N2O3S. The summed E-state index contributed by atoms with van der Waals surface area (Å²) >= 11 is -0.461. The number of likely N-dealkylation sites (tertiary alicyclic amines) is 1. The van der Waals surface area contributed by atoms with E-state index in [0.717, 1.165) is 12.8 Å². The van der Waals surface area contributed by atoms with Crippen LogP contribution in [0.2, 0.25) is 0 Å². The van der Waals surface area contributed by atoms with Gasteiger partial charge in [0.05, 0.1) is 0 Å². The number of carbonyl (C=O) groups excluding carboxylic acids is 1. The second-order valence-corrected chi connectivity index (χ2v) is 8.74. The minimum absolute atomic E-state index is 0.0856. The number of hydrogen-bond acceptors (Lipinski definition) is 5. The van der Waals surface area contributed by atoms with Gasteiger partial charge in [-0.25, -0.2) is 4.79 Å². The first-order valence-corrected chi connectivity index (χ1v) is 9.47. The zero-order chi connectivity index (χ0) is 19.6. The maximum Gasteiger partial charge on any atom is 0.479 e. The molecule has 2 aliphatic heterocycles. The number of carbonyl (C=O) groups is 1. The molecule has 0 atom stereocenters. The second kappa shape index (κ2) is 7.88. The van der Waals surface area contributed by atoms with Crippen LogP contribution in [0.4, 0.5) is 18.0 Å². The third kappa shape index (κ3) is 6.26. The van der Waals surface area contributed by atoms with Crippen molar-refractivity contribution in [1.29, 1.82) is 0 Å². The molecule has 5 nitrogen and oxygen atoms in total. The van der Waals surface area contributed by atoms with Gasteiger partial charge in [0.1, 0.15) is 11.4 Å². The molecule has 0 unspecified atom stereocenters. The predicted octanol–water partition coefficient (Wildman–Crippen LogP) is 4.55. The van der Waals surface area contributed by atoms with Crippen LogP contribution in [0.1, 0.15) is 47.0 Å². The van der Waals surface area contributed by atoms with Crippen LogP contribution >= 0.6 is 12.0 Å². The normalized spacial score (nSPS) is 22.0. The largest absolute Gasteiger partial charge is 0.479 e. The van der Waals surface area contributed by atoms with Gasteiger partial charge in [0, 0.05) is 38.1 Å². The minimum atomic E-state index is -4.39. The highest BCUT2D eigenvalue weighted by Crippen LogP contribution is 2.36. The molecule has 1 amide bonds. The van der Waals surface area contributed by atoms with Gasteiger partial charge < -0.3 is 13.8 Å². The van der Waals surface area contributed by atoms with Crippen LogP contribution < -0.4 is 0 Å². The van der Waals surface area contributed by atoms with E-state index in [4.69, 9.17) is 8.92 Å². The maximum atomic E-state index is 12.2. The summed E-state index contributed by atoms with van der Waals surface area (Å²) in [4.78, 5) is 16.1. The van der Waals surface area contributed by atoms with Crippen LogP contribution in [-0.4, -0.2) is 58.7 Å². The van der Waals surface area contributed by atoms with Gasteiger partial charge in [0.25, 0.3) is 0 Å². The summed E-state index contributed by atoms with van der Waals surface area (Å²) < 4.78 is 46.8. The van der Waals surface area contributed by atoms with Gasteiger partial charge >= 0.3 is 11.6 Å². The Morgan fingerprint density at radius 1 is 1.19 bits per heavy atom. The van der Waals surface area contributed by atoms with E-state index in [-0.39, 0.29) is 11.6 Å². The van der Waals surface area contributed by atoms with Crippen LogP contribution in [0.5, 0.6) is 0 Å². The first-order valence-electron chi connectivity index (χ1n) is 8.72. The van der Waals surface area contributed by atoms with E-state index >= 15 is 0 Å². The van der Waals surface area contributed by atoms with Gasteiger partial charge in [0.2, 0.25) is 0 Å². The third-order valence-corrected chi connectivity index (χ3v) is 5.15. The van der Waals surface area contributed by atoms with Gasteiger partial charge in [-0.15, -0.1) is 0 Å². The van der Waals surface area contributed by atoms with E-state index in [1.165, 1.54) is 0 Å². The Labute approximate surface area is 157 Å². The average Bonchev–Trinajstić information content (AvgIpc) is 2.52. The number of nitrogens with zero attached hydrogens (tertiary/aromatic N) is 2. The summed E-state index contributed by atoms with van der Waals surface area (Å²) in [6, 6.07) is 0. The van der Waals surface area contributed by atoms with Crippen LogP contribution in [-0.2, 0) is 8.92 Å². The Morgan fingerprint density at radius 3 is 2.27 bits per heavy atom. The van der Waals surface area contributed by atoms with Crippen LogP contribution in [0.3, 0.4) is 0 Å². The topological polar surface area (TPSA) is 42.0 Å². The SMILES string of the molecule is CC(C)(C)OC(=O)N1CCC(C)(N2CC=C(OSC(F)(F)F)CC2)CC1. The highest BCUT2D eigenvalue weighted by Gasteiger charge is 2.39. The van der Waals surface area contributed by atoms with Gasteiger partial charge in [-0.1, -0.05) is 0 Å². The molecule has 0 bridgehead atoms. The fourth-order valence-corrected chi connectivity index (χ4v) is 3.48. The Hall–Kier alpha value is -1.09. The van der Waals surface area contributed by atoms with Crippen molar-refractivity contribution in [3.63, 3.8) is 0 Å². The van der Waals surface area contributed by atoms with E-state index < -0.39 is 23.2 Å². The molecule has 150 valence electrons. The zero-order valence-corrected chi connectivity index (χ0v) is 16.5. The standard InChI is InChI=1S/C17H27F3N2O3S/c1-15(2,3)24-14(23)21-11-7-16(4,8-12-21)22-9-5-13(6-10-22)25-26-17(18,19)20/h5H,6-12H2,1-4H3. The average molecular weight is 396 g/mol. The molecule has 9 heteroatoms. The highest BCUT2D eigenvalue weighted by atomic mass is 32.2. The molecule has 0 spiro atoms. The fourth-order valence-electron chi connectivity index (χ4n) is 3.13. The van der Waals surface area contributed by atoms with Crippen molar-refractivity contribution < 1.29 is 26.9 Å². The van der Waals surface area contributed by atoms with Crippen molar-refractivity contribution in [3.8, 4) is 0 Å². The second-order valence-electron chi connectivity index (χ2n) is 7.94. The summed E-state index contributed by atoms with van der Waals surface area (Å²) in [5, 5.41) is 0. The van der Waals surface area contributed by atoms with Crippen molar-refractivity contribution in [2.24, 2.45) is 0 Å². The molecule has 1 fully saturated rings. The molecule has 2 aliphatic rings. The lowest BCUT2D eigenvalue weighted by molar-refractivity contribution is -0.0389. The summed E-state index contributed by atoms with van der Waals surface area (Å²) in [5.74, 6) is 0.373. The Morgan fingerprint density at radius 2 is 1.81 bits per heavy atom. The number of piperidine rings is 1. The molecule has 0 saturated carbocycles. The molecule has 26 heavy (non-hydrogen) atoms. The van der Waals surface area contributed by atoms with E-state index in [0.29, 0.717) is 38.4 Å². The zero-order valence-electron chi connectivity index (χ0n) is 15.7. The van der Waals surface area contributed by atoms with Crippen molar-refractivity contribution in [3.05, 3.63) is 11.8 Å². The molecule has 0 N–H and O–H groups in total. The van der Waals surface area contributed by atoms with Crippen LogP contribution in [0.15, 0.2) is 11.8 Å². The molecule has 1 saturated heterocycles. The number of amides is 1. The van der Waals surface area contributed by atoms with E-state index in [2.05, 4.69) is 11.8 Å². The third-order valence-electron chi connectivity index (χ3n) is 4.67. The molecule has 2 heterocycles. The predicted molar refractivity (Wildman–Crippen MR) is 94.5 cm³/mol. The molecule has 0 radical (unpaired) electrons. The summed E-state index contributed by atoms with van der Waals surface area (Å²) in [6.45, 7) is 10.1. The number of rotatable bonds is 3. The number of alkyl halides is 3. The maximum absolute atomic E-state index is 12.2. The van der Waals surface area contributed by atoms with Crippen molar-refractivity contribution >= 4 is 18.1 Å². The van der Waals surface area contributed by atoms with Crippen molar-refractivity contribution in [1.82, 2.24) is 9.80 Å². The van der Waals surface area contributed by atoms with Crippen LogP contribution in [0.25, 0.3) is 0 Å². The quantitative estimate of drug-likeness (QED) is 0.655. The van der Waals surface area contributed by atoms with Crippen molar-refractivity contribution in [2.45, 2.75) is 63.6 Å². The number of halogens is 3. The highest BCUT2D eigenvalue weighted by molar-refractivity contribution is 7.95. The monoisotopic (exact) mass is 396 g/mol. The fraction of sp³-hybridized carbons (Fsp3) is 0.824. The Balaban J connectivity index is 1.84. The lowest BCUT2D eigenvalue weighted by Gasteiger charge is -2.47. The number of ether oxygens (including phenoxy) is 1. The molecule has 0 aromatic rings.